The van der Waals surface area contributed by atoms with Crippen molar-refractivity contribution >= 4 is 58.0 Å². The summed E-state index contributed by atoms with van der Waals surface area (Å²) in [4.78, 5) is 6.87. The Balaban J connectivity index is 1.23. The number of nitrogens with zero attached hydrogens (tertiary/aromatic N) is 2. The Kier molecular flexibility index (Phi) is 9.89. The molecule has 63 heavy (non-hydrogen) atoms. The molecule has 5 aromatic rings. The van der Waals surface area contributed by atoms with Crippen molar-refractivity contribution in [2.24, 2.45) is 0 Å². The highest BCUT2D eigenvalue weighted by Crippen LogP contribution is 2.57. The molecule has 0 aromatic heterocycles. The molecule has 0 saturated carbocycles. The van der Waals surface area contributed by atoms with E-state index >= 15 is 0 Å². The second-order valence-corrected chi connectivity index (χ2v) is 21.5. The maximum Gasteiger partial charge on any atom is 0.332 e. The summed E-state index contributed by atoms with van der Waals surface area (Å²) in [6.07, 6.45) is 19.2. The van der Waals surface area contributed by atoms with Crippen LogP contribution in [0.25, 0.3) is 22.3 Å². The highest BCUT2D eigenvalue weighted by Gasteiger charge is 2.50. The average Bonchev–Trinajstić information content (AvgIpc) is 3.66. The van der Waals surface area contributed by atoms with Crippen LogP contribution in [0.1, 0.15) is 125 Å². The van der Waals surface area contributed by atoms with E-state index in [-0.39, 0.29) is 17.7 Å². The van der Waals surface area contributed by atoms with Crippen LogP contribution in [0.2, 0.25) is 0 Å². The molecule has 2 nitrogen and oxygen atoms in total. The normalized spacial score (nSPS) is 19.2. The van der Waals surface area contributed by atoms with E-state index in [4.69, 9.17) is 0 Å². The molecule has 3 aliphatic carbocycles. The van der Waals surface area contributed by atoms with Crippen LogP contribution in [-0.2, 0) is 23.7 Å². The van der Waals surface area contributed by atoms with Crippen molar-refractivity contribution in [3.8, 4) is 11.1 Å². The minimum Gasteiger partial charge on any atom is -0.376 e. The number of fused-ring (bicyclic) bond motifs is 7. The van der Waals surface area contributed by atoms with Crippen LogP contribution >= 0.6 is 11.8 Å². The molecule has 4 heteroatoms. The number of anilines is 4. The molecule has 1 atom stereocenters. The SMILES string of the molecule is CCCCc1ccc(N2B3C4=C(CC5Sc6ccccc6C5=C4)N(c4ccc(CCCC)cc4C4=C=C=CC=C4)c4cc(C)cc(c43)-c3cc4c(cc32)C(C)(C)CCC4(C)C)cc1. The maximum absolute atomic E-state index is 3.56. The third-order valence-corrected chi connectivity index (χ3v) is 16.4. The summed E-state index contributed by atoms with van der Waals surface area (Å²) in [5, 5.41) is 0.343. The zero-order valence-electron chi connectivity index (χ0n) is 38.3. The lowest BCUT2D eigenvalue weighted by atomic mass is 9.41. The van der Waals surface area contributed by atoms with E-state index in [1.54, 1.807) is 0 Å². The molecule has 3 aliphatic heterocycles. The lowest BCUT2D eigenvalue weighted by Gasteiger charge is -2.49. The van der Waals surface area contributed by atoms with Gasteiger partial charge in [-0.05, 0) is 172 Å². The fourth-order valence-electron chi connectivity index (χ4n) is 11.5. The number of hydrogen-bond donors (Lipinski definition) is 0. The highest BCUT2D eigenvalue weighted by molar-refractivity contribution is 8.00. The molecule has 0 fully saturated rings. The number of allylic oxidation sites excluding steroid dienone is 7. The van der Waals surface area contributed by atoms with Gasteiger partial charge in [0.25, 0.3) is 0 Å². The van der Waals surface area contributed by atoms with Crippen molar-refractivity contribution in [2.75, 3.05) is 9.71 Å². The second-order valence-electron chi connectivity index (χ2n) is 20.3. The summed E-state index contributed by atoms with van der Waals surface area (Å²) in [6, 6.07) is 36.4. The fraction of sp³-hybridized carbons (Fsp3) is 0.322. The third kappa shape index (κ3) is 6.63. The molecule has 314 valence electrons. The molecule has 0 saturated heterocycles. The zero-order chi connectivity index (χ0) is 43.2. The van der Waals surface area contributed by atoms with Crippen molar-refractivity contribution in [3.05, 3.63) is 177 Å². The summed E-state index contributed by atoms with van der Waals surface area (Å²) in [5.74, 6) is 0. The zero-order valence-corrected chi connectivity index (χ0v) is 39.1. The summed E-state index contributed by atoms with van der Waals surface area (Å²) in [6.45, 7) is 16.8. The Morgan fingerprint density at radius 2 is 1.46 bits per heavy atom. The average molecular weight is 839 g/mol. The van der Waals surface area contributed by atoms with Crippen LogP contribution in [-0.4, -0.2) is 12.1 Å². The largest absolute Gasteiger partial charge is 0.376 e. The Hall–Kier alpha value is -5.37. The van der Waals surface area contributed by atoms with Gasteiger partial charge >= 0.3 is 6.85 Å². The first kappa shape index (κ1) is 40.4. The first-order chi connectivity index (χ1) is 30.5. The molecule has 0 amide bonds. The van der Waals surface area contributed by atoms with Gasteiger partial charge in [0.15, 0.2) is 0 Å². The molecule has 5 aromatic carbocycles. The topological polar surface area (TPSA) is 6.48 Å². The predicted octanol–water partition coefficient (Wildman–Crippen LogP) is 15.2. The van der Waals surface area contributed by atoms with Crippen LogP contribution in [0.3, 0.4) is 0 Å². The van der Waals surface area contributed by atoms with Gasteiger partial charge < -0.3 is 9.71 Å². The molecular formula is C59H59BN2S. The molecule has 0 N–H and O–H groups in total. The van der Waals surface area contributed by atoms with Crippen molar-refractivity contribution < 1.29 is 0 Å². The van der Waals surface area contributed by atoms with Gasteiger partial charge in [-0.3, -0.25) is 0 Å². The van der Waals surface area contributed by atoms with E-state index < -0.39 is 0 Å². The molecule has 0 spiro atoms. The fourth-order valence-corrected chi connectivity index (χ4v) is 12.9. The maximum atomic E-state index is 3.56. The van der Waals surface area contributed by atoms with Gasteiger partial charge in [0.05, 0.1) is 5.69 Å². The highest BCUT2D eigenvalue weighted by atomic mass is 32.2. The van der Waals surface area contributed by atoms with Gasteiger partial charge in [0, 0.05) is 56.0 Å². The second kappa shape index (κ2) is 15.4. The molecule has 11 rings (SSSR count). The number of unbranched alkanes of at least 4 members (excludes halogenated alkanes) is 2. The quantitative estimate of drug-likeness (QED) is 0.108. The van der Waals surface area contributed by atoms with Crippen LogP contribution in [0.5, 0.6) is 0 Å². The first-order valence-corrected chi connectivity index (χ1v) is 24.7. The van der Waals surface area contributed by atoms with E-state index in [0.717, 1.165) is 24.8 Å². The van der Waals surface area contributed by atoms with Gasteiger partial charge in [-0.25, -0.2) is 0 Å². The smallest absolute Gasteiger partial charge is 0.332 e. The van der Waals surface area contributed by atoms with Gasteiger partial charge in [0.1, 0.15) is 0 Å². The van der Waals surface area contributed by atoms with E-state index in [1.807, 2.05) is 6.08 Å². The van der Waals surface area contributed by atoms with Crippen LogP contribution in [0, 0.1) is 6.92 Å². The Labute approximate surface area is 381 Å². The first-order valence-electron chi connectivity index (χ1n) is 23.8. The predicted molar refractivity (Wildman–Crippen MR) is 272 cm³/mol. The van der Waals surface area contributed by atoms with Crippen molar-refractivity contribution in [1.82, 2.24) is 0 Å². The van der Waals surface area contributed by atoms with Crippen molar-refractivity contribution in [2.45, 2.75) is 127 Å². The van der Waals surface area contributed by atoms with Gasteiger partial charge in [-0.2, -0.15) is 0 Å². The Morgan fingerprint density at radius 3 is 2.21 bits per heavy atom. The van der Waals surface area contributed by atoms with Crippen molar-refractivity contribution in [3.63, 3.8) is 0 Å². The summed E-state index contributed by atoms with van der Waals surface area (Å²) >= 11 is 2.05. The minimum absolute atomic E-state index is 0.0104. The summed E-state index contributed by atoms with van der Waals surface area (Å²) in [5.41, 5.74) is 31.5. The molecular weight excluding hydrogens is 780 g/mol. The van der Waals surface area contributed by atoms with Gasteiger partial charge in [0.2, 0.25) is 0 Å². The Morgan fingerprint density at radius 1 is 0.730 bits per heavy atom. The van der Waals surface area contributed by atoms with Crippen molar-refractivity contribution in [1.29, 1.82) is 0 Å². The Bertz CT molecular complexity index is 2930. The number of benzene rings is 5. The number of thioether (sulfide) groups is 1. The van der Waals surface area contributed by atoms with Crippen LogP contribution in [0.4, 0.5) is 22.7 Å². The molecule has 3 heterocycles. The lowest BCUT2D eigenvalue weighted by Crippen LogP contribution is -2.56. The summed E-state index contributed by atoms with van der Waals surface area (Å²) < 4.78 is 0. The molecule has 6 aliphatic rings. The van der Waals surface area contributed by atoms with Gasteiger partial charge in [-0.15, -0.1) is 11.8 Å². The van der Waals surface area contributed by atoms with Crippen LogP contribution in [0.15, 0.2) is 143 Å². The van der Waals surface area contributed by atoms with E-state index in [2.05, 4.69) is 191 Å². The monoisotopic (exact) mass is 838 g/mol. The molecule has 0 bridgehead atoms. The standard InChI is InChI=1S/C59H59BN2S/c1-8-10-17-39-23-26-42(27-24-39)62-52-36-49-48(58(4,5)29-30-59(49,6)7)34-45(52)47-31-38(3)32-54-57(47)60(62)50-35-46-43-21-15-16-22-55(43)63-56(46)37-53(50)61(54)51-28-25-40(18-11-9-2)33-44(51)41-19-13-12-14-20-41/h12-13,15-16,19,21-28,31-36,56H,8-11,17-18,29-30,37H2,1-7H3. The van der Waals surface area contributed by atoms with E-state index in [9.17, 15) is 0 Å². The lowest BCUT2D eigenvalue weighted by molar-refractivity contribution is 0.332. The minimum atomic E-state index is -0.0104. The summed E-state index contributed by atoms with van der Waals surface area (Å²) in [7, 11) is 0. The van der Waals surface area contributed by atoms with E-state index in [0.29, 0.717) is 5.25 Å². The number of hydrogen-bond acceptors (Lipinski definition) is 3. The molecule has 0 radical (unpaired) electrons. The number of aryl methyl sites for hydroxylation is 3. The van der Waals surface area contributed by atoms with Gasteiger partial charge in [-0.1, -0.05) is 120 Å². The molecule has 1 unspecified atom stereocenters. The number of rotatable bonds is 9. The van der Waals surface area contributed by atoms with Crippen LogP contribution < -0.4 is 15.2 Å². The van der Waals surface area contributed by atoms with E-state index in [1.165, 1.54) is 138 Å². The third-order valence-electron chi connectivity index (χ3n) is 15.1.